The summed E-state index contributed by atoms with van der Waals surface area (Å²) in [6.45, 7) is 0.100. The quantitative estimate of drug-likeness (QED) is 0.696. The summed E-state index contributed by atoms with van der Waals surface area (Å²) in [7, 11) is 0. The molecule has 1 aromatic heterocycles. The molecule has 4 nitrogen and oxygen atoms in total. The molecule has 1 unspecified atom stereocenters. The van der Waals surface area contributed by atoms with Gasteiger partial charge in [-0.15, -0.1) is 0 Å². The number of amides is 1. The Bertz CT molecular complexity index is 887. The Morgan fingerprint density at radius 2 is 1.88 bits per heavy atom. The van der Waals surface area contributed by atoms with Gasteiger partial charge in [-0.25, -0.2) is 9.37 Å². The molecule has 2 N–H and O–H groups in total. The van der Waals surface area contributed by atoms with Crippen molar-refractivity contribution in [3.8, 4) is 0 Å². The molecule has 3 rings (SSSR count). The van der Waals surface area contributed by atoms with E-state index in [0.717, 1.165) is 17.6 Å². The van der Waals surface area contributed by atoms with Crippen LogP contribution in [0.3, 0.4) is 0 Å². The number of nitrogens with one attached hydrogen (secondary N) is 2. The summed E-state index contributed by atoms with van der Waals surface area (Å²) in [5.74, 6) is -0.361. The Kier molecular flexibility index (Phi) is 4.43. The smallest absolute Gasteiger partial charge is 0.348 e. The van der Waals surface area contributed by atoms with Crippen molar-refractivity contribution in [2.24, 2.45) is 0 Å². The maximum absolute atomic E-state index is 13.2. The molecular formula is C17H13F4N3O. The van der Waals surface area contributed by atoms with Gasteiger partial charge in [-0.3, -0.25) is 4.79 Å². The first-order valence-corrected chi connectivity index (χ1v) is 7.36. The van der Waals surface area contributed by atoms with Crippen molar-refractivity contribution in [1.29, 1.82) is 0 Å². The molecule has 0 bridgehead atoms. The SMILES string of the molecule is O=C(NCc1ccc(C(F)C(F)(F)F)cc1)c1cccc2[nH]cnc12. The number of imidazole rings is 1. The predicted molar refractivity (Wildman–Crippen MR) is 83.6 cm³/mol. The lowest BCUT2D eigenvalue weighted by molar-refractivity contribution is -0.182. The Morgan fingerprint density at radius 3 is 2.56 bits per heavy atom. The summed E-state index contributed by atoms with van der Waals surface area (Å²) in [5, 5.41) is 2.67. The number of aromatic amines is 1. The summed E-state index contributed by atoms with van der Waals surface area (Å²) in [6.07, 6.45) is -6.47. The van der Waals surface area contributed by atoms with E-state index in [9.17, 15) is 22.4 Å². The average molecular weight is 351 g/mol. The number of benzene rings is 2. The van der Waals surface area contributed by atoms with Gasteiger partial charge in [0.05, 0.1) is 17.4 Å². The van der Waals surface area contributed by atoms with Crippen LogP contribution in [-0.4, -0.2) is 22.1 Å². The number of fused-ring (bicyclic) bond motifs is 1. The lowest BCUT2D eigenvalue weighted by Gasteiger charge is -2.13. The Labute approximate surface area is 139 Å². The second kappa shape index (κ2) is 6.54. The fourth-order valence-corrected chi connectivity index (χ4v) is 2.42. The summed E-state index contributed by atoms with van der Waals surface area (Å²) in [6, 6.07) is 9.95. The minimum Gasteiger partial charge on any atom is -0.348 e. The van der Waals surface area contributed by atoms with E-state index in [1.807, 2.05) is 0 Å². The number of hydrogen-bond acceptors (Lipinski definition) is 2. The van der Waals surface area contributed by atoms with Crippen molar-refractivity contribution in [3.63, 3.8) is 0 Å². The number of nitrogens with zero attached hydrogens (tertiary/aromatic N) is 1. The fourth-order valence-electron chi connectivity index (χ4n) is 2.42. The number of aromatic nitrogens is 2. The first-order chi connectivity index (χ1) is 11.9. The molecule has 0 saturated heterocycles. The van der Waals surface area contributed by atoms with Gasteiger partial charge in [0.1, 0.15) is 5.52 Å². The highest BCUT2D eigenvalue weighted by molar-refractivity contribution is 6.04. The number of para-hydroxylation sites is 1. The van der Waals surface area contributed by atoms with Crippen LogP contribution in [0, 0.1) is 0 Å². The zero-order chi connectivity index (χ0) is 18.0. The first kappa shape index (κ1) is 16.9. The second-order valence-corrected chi connectivity index (χ2v) is 5.43. The number of rotatable bonds is 4. The molecule has 0 fully saturated rings. The molecule has 0 aliphatic carbocycles. The number of halogens is 4. The number of carbonyl (C=O) groups excluding carboxylic acids is 1. The van der Waals surface area contributed by atoms with Gasteiger partial charge in [0.25, 0.3) is 5.91 Å². The van der Waals surface area contributed by atoms with Crippen LogP contribution in [0.1, 0.15) is 27.7 Å². The zero-order valence-corrected chi connectivity index (χ0v) is 12.8. The van der Waals surface area contributed by atoms with Crippen molar-refractivity contribution < 1.29 is 22.4 Å². The molecule has 2 aromatic carbocycles. The van der Waals surface area contributed by atoms with Crippen LogP contribution in [0.15, 0.2) is 48.8 Å². The maximum Gasteiger partial charge on any atom is 0.423 e. The lowest BCUT2D eigenvalue weighted by atomic mass is 10.1. The van der Waals surface area contributed by atoms with E-state index in [0.29, 0.717) is 16.6 Å². The number of carbonyl (C=O) groups is 1. The molecule has 1 amide bonds. The molecular weight excluding hydrogens is 338 g/mol. The molecule has 0 spiro atoms. The van der Waals surface area contributed by atoms with Crippen LogP contribution in [0.2, 0.25) is 0 Å². The highest BCUT2D eigenvalue weighted by Gasteiger charge is 2.41. The van der Waals surface area contributed by atoms with Gasteiger partial charge in [0.15, 0.2) is 0 Å². The number of alkyl halides is 4. The highest BCUT2D eigenvalue weighted by atomic mass is 19.4. The summed E-state index contributed by atoms with van der Waals surface area (Å²) in [4.78, 5) is 19.2. The normalized spacial score (nSPS) is 13.0. The van der Waals surface area contributed by atoms with Gasteiger partial charge in [0, 0.05) is 6.54 Å². The van der Waals surface area contributed by atoms with Gasteiger partial charge in [-0.1, -0.05) is 30.3 Å². The molecule has 8 heteroatoms. The van der Waals surface area contributed by atoms with Gasteiger partial charge < -0.3 is 10.3 Å². The molecule has 1 heterocycles. The highest BCUT2D eigenvalue weighted by Crippen LogP contribution is 2.35. The van der Waals surface area contributed by atoms with Crippen molar-refractivity contribution >= 4 is 16.9 Å². The third-order valence-corrected chi connectivity index (χ3v) is 3.71. The average Bonchev–Trinajstić information content (AvgIpc) is 3.07. The standard InChI is InChI=1S/C17H13F4N3O/c18-15(17(19,20)21)11-6-4-10(5-7-11)8-22-16(25)12-2-1-3-13-14(12)24-9-23-13/h1-7,9,15H,8H2,(H,22,25)(H,23,24). The van der Waals surface area contributed by atoms with Crippen LogP contribution < -0.4 is 5.32 Å². The Balaban J connectivity index is 1.67. The van der Waals surface area contributed by atoms with E-state index in [-0.39, 0.29) is 12.5 Å². The lowest BCUT2D eigenvalue weighted by Crippen LogP contribution is -2.23. The van der Waals surface area contributed by atoms with E-state index >= 15 is 0 Å². The summed E-state index contributed by atoms with van der Waals surface area (Å²) >= 11 is 0. The van der Waals surface area contributed by atoms with Gasteiger partial charge in [-0.2, -0.15) is 13.2 Å². The van der Waals surface area contributed by atoms with E-state index in [2.05, 4.69) is 15.3 Å². The summed E-state index contributed by atoms with van der Waals surface area (Å²) < 4.78 is 50.2. The fraction of sp³-hybridized carbons (Fsp3) is 0.176. The van der Waals surface area contributed by atoms with Crippen molar-refractivity contribution in [3.05, 3.63) is 65.5 Å². The molecule has 0 radical (unpaired) electrons. The molecule has 0 aliphatic heterocycles. The van der Waals surface area contributed by atoms with Crippen LogP contribution in [0.5, 0.6) is 0 Å². The zero-order valence-electron chi connectivity index (χ0n) is 12.8. The molecule has 25 heavy (non-hydrogen) atoms. The van der Waals surface area contributed by atoms with Gasteiger partial charge >= 0.3 is 6.18 Å². The Hall–Kier alpha value is -2.90. The molecule has 0 aliphatic rings. The topological polar surface area (TPSA) is 57.8 Å². The number of H-pyrrole nitrogens is 1. The van der Waals surface area contributed by atoms with Crippen molar-refractivity contribution in [1.82, 2.24) is 15.3 Å². The van der Waals surface area contributed by atoms with Crippen molar-refractivity contribution in [2.75, 3.05) is 0 Å². The van der Waals surface area contributed by atoms with Crippen LogP contribution in [0.4, 0.5) is 17.6 Å². The minimum absolute atomic E-state index is 0.100. The van der Waals surface area contributed by atoms with Gasteiger partial charge in [0.2, 0.25) is 6.17 Å². The number of hydrogen-bond donors (Lipinski definition) is 2. The van der Waals surface area contributed by atoms with Crippen LogP contribution in [0.25, 0.3) is 11.0 Å². The molecule has 1 atom stereocenters. The maximum atomic E-state index is 13.2. The third-order valence-electron chi connectivity index (χ3n) is 3.71. The van der Waals surface area contributed by atoms with E-state index in [1.54, 1.807) is 18.2 Å². The van der Waals surface area contributed by atoms with E-state index < -0.39 is 17.9 Å². The predicted octanol–water partition coefficient (Wildman–Crippen LogP) is 4.07. The van der Waals surface area contributed by atoms with Gasteiger partial charge in [-0.05, 0) is 23.3 Å². The van der Waals surface area contributed by atoms with Crippen molar-refractivity contribution in [2.45, 2.75) is 18.9 Å². The third kappa shape index (κ3) is 3.62. The molecule has 3 aromatic rings. The monoisotopic (exact) mass is 351 g/mol. The summed E-state index contributed by atoms with van der Waals surface area (Å²) in [5.41, 5.74) is 1.72. The largest absolute Gasteiger partial charge is 0.423 e. The van der Waals surface area contributed by atoms with E-state index in [4.69, 9.17) is 0 Å². The van der Waals surface area contributed by atoms with Crippen LogP contribution in [-0.2, 0) is 6.54 Å². The Morgan fingerprint density at radius 1 is 1.16 bits per heavy atom. The van der Waals surface area contributed by atoms with Crippen LogP contribution >= 0.6 is 0 Å². The first-order valence-electron chi connectivity index (χ1n) is 7.36. The molecule has 130 valence electrons. The minimum atomic E-state index is -4.93. The second-order valence-electron chi connectivity index (χ2n) is 5.43. The van der Waals surface area contributed by atoms with E-state index in [1.165, 1.54) is 18.5 Å². The molecule has 0 saturated carbocycles.